The Morgan fingerprint density at radius 2 is 1.71 bits per heavy atom. The summed E-state index contributed by atoms with van der Waals surface area (Å²) in [6.07, 6.45) is 1.08. The molecule has 0 spiro atoms. The van der Waals surface area contributed by atoms with Crippen molar-refractivity contribution < 1.29 is 48.2 Å². The van der Waals surface area contributed by atoms with Crippen LogP contribution >= 0.6 is 0 Å². The minimum atomic E-state index is -4.42. The number of imidazole rings is 1. The molecule has 0 bridgehead atoms. The van der Waals surface area contributed by atoms with Crippen LogP contribution in [0.4, 0.5) is 22.0 Å². The lowest BCUT2D eigenvalue weighted by molar-refractivity contribution is -0.692. The van der Waals surface area contributed by atoms with E-state index in [0.717, 1.165) is 61.4 Å². The van der Waals surface area contributed by atoms with Gasteiger partial charge in [0, 0.05) is 12.0 Å². The van der Waals surface area contributed by atoms with Crippen LogP contribution in [0.2, 0.25) is 0 Å². The molecule has 0 radical (unpaired) electrons. The molecule has 1 aliphatic rings. The van der Waals surface area contributed by atoms with Crippen LogP contribution in [-0.4, -0.2) is 11.2 Å². The van der Waals surface area contributed by atoms with Gasteiger partial charge in [0.15, 0.2) is 5.69 Å². The van der Waals surface area contributed by atoms with E-state index in [1.165, 1.54) is 18.2 Å². The maximum absolute atomic E-state index is 13.2. The molecule has 4 rings (SSSR count). The monoisotopic (exact) mass is 502 g/mol. The molecule has 0 fully saturated rings. The van der Waals surface area contributed by atoms with Crippen molar-refractivity contribution in [2.75, 3.05) is 0 Å². The molecule has 3 aromatic rings. The third-order valence-corrected chi connectivity index (χ3v) is 5.24. The van der Waals surface area contributed by atoms with Crippen LogP contribution in [-0.2, 0) is 19.1 Å². The van der Waals surface area contributed by atoms with Gasteiger partial charge in [-0.15, -0.1) is 0 Å². The molecule has 31 heavy (non-hydrogen) atoms. The Kier molecular flexibility index (Phi) is 7.03. The molecular formula is C22H20BrF5N2O. The van der Waals surface area contributed by atoms with E-state index in [9.17, 15) is 22.0 Å². The first-order valence-electron chi connectivity index (χ1n) is 9.70. The topological polar surface area (TPSA) is 18.0 Å². The molecule has 2 aromatic carbocycles. The number of aromatic nitrogens is 2. The summed E-state index contributed by atoms with van der Waals surface area (Å²) in [5.41, 5.74) is 1.36. The van der Waals surface area contributed by atoms with Crippen LogP contribution in [0, 0.1) is 0 Å². The van der Waals surface area contributed by atoms with E-state index < -0.39 is 18.4 Å². The second kappa shape index (κ2) is 9.38. The van der Waals surface area contributed by atoms with Crippen molar-refractivity contribution >= 4 is 0 Å². The minimum Gasteiger partial charge on any atom is -1.00 e. The molecule has 0 amide bonds. The van der Waals surface area contributed by atoms with Crippen molar-refractivity contribution in [3.8, 4) is 22.7 Å². The summed E-state index contributed by atoms with van der Waals surface area (Å²) in [7, 11) is 0. The highest BCUT2D eigenvalue weighted by atomic mass is 79.9. The third-order valence-electron chi connectivity index (χ3n) is 5.24. The Bertz CT molecular complexity index is 1030. The van der Waals surface area contributed by atoms with Gasteiger partial charge in [0.1, 0.15) is 17.6 Å². The highest BCUT2D eigenvalue weighted by Gasteiger charge is 2.32. The Morgan fingerprint density at radius 3 is 2.39 bits per heavy atom. The van der Waals surface area contributed by atoms with E-state index in [2.05, 4.69) is 9.30 Å². The third kappa shape index (κ3) is 5.08. The smallest absolute Gasteiger partial charge is 0.416 e. The van der Waals surface area contributed by atoms with E-state index in [-0.39, 0.29) is 22.7 Å². The van der Waals surface area contributed by atoms with Gasteiger partial charge in [-0.25, -0.2) is 4.57 Å². The van der Waals surface area contributed by atoms with Crippen molar-refractivity contribution in [2.45, 2.75) is 45.0 Å². The number of hydrogen-bond acceptors (Lipinski definition) is 1. The Hall–Kier alpha value is -2.42. The van der Waals surface area contributed by atoms with Crippen LogP contribution in [0.5, 0.6) is 5.75 Å². The fourth-order valence-corrected chi connectivity index (χ4v) is 3.86. The molecule has 0 saturated heterocycles. The second-order valence-corrected chi connectivity index (χ2v) is 7.21. The Balaban J connectivity index is 0.00000272. The number of nitrogens with zero attached hydrogens (tertiary/aromatic N) is 2. The van der Waals surface area contributed by atoms with Gasteiger partial charge in [-0.1, -0.05) is 6.07 Å². The molecule has 0 atom stereocenters. The molecule has 2 heterocycles. The van der Waals surface area contributed by atoms with Gasteiger partial charge in [-0.3, -0.25) is 0 Å². The normalized spacial score (nSPS) is 14.0. The zero-order chi connectivity index (χ0) is 21.3. The number of halogens is 6. The lowest BCUT2D eigenvalue weighted by atomic mass is 10.1. The lowest BCUT2D eigenvalue weighted by Crippen LogP contribution is -3.00. The quantitative estimate of drug-likeness (QED) is 0.396. The number of alkyl halides is 5. The standard InChI is InChI=1S/C22H20F5N2O.BrH/c23-21(24)30-18-10-8-15(9-11-18)19-14-29(20-7-2-1-3-12-28(19)20)17-6-4-5-16(13-17)22(25,26)27;/h4-6,8-11,13-14,21H,1-3,7,12H2;1H/q+1;/p-1. The fraction of sp³-hybridized carbons (Fsp3) is 0.318. The zero-order valence-electron chi connectivity index (χ0n) is 16.4. The molecule has 3 nitrogen and oxygen atoms in total. The van der Waals surface area contributed by atoms with E-state index in [1.807, 2.05) is 6.20 Å². The number of benzene rings is 2. The van der Waals surface area contributed by atoms with Crippen molar-refractivity contribution in [2.24, 2.45) is 0 Å². The summed E-state index contributed by atoms with van der Waals surface area (Å²) in [5, 5.41) is 0. The first-order chi connectivity index (χ1) is 14.3. The van der Waals surface area contributed by atoms with Gasteiger partial charge in [0.05, 0.1) is 12.1 Å². The van der Waals surface area contributed by atoms with Gasteiger partial charge in [0.25, 0.3) is 5.82 Å². The van der Waals surface area contributed by atoms with Gasteiger partial charge in [-0.05, 0) is 61.7 Å². The van der Waals surface area contributed by atoms with Crippen LogP contribution < -0.4 is 26.3 Å². The average molecular weight is 503 g/mol. The zero-order valence-corrected chi connectivity index (χ0v) is 18.0. The maximum Gasteiger partial charge on any atom is 0.416 e. The summed E-state index contributed by atoms with van der Waals surface area (Å²) in [6.45, 7) is -2.16. The predicted octanol–water partition coefficient (Wildman–Crippen LogP) is 2.78. The fourth-order valence-electron chi connectivity index (χ4n) is 3.86. The molecule has 0 aliphatic carbocycles. The Morgan fingerprint density at radius 1 is 0.968 bits per heavy atom. The number of rotatable bonds is 4. The molecular weight excluding hydrogens is 483 g/mol. The predicted molar refractivity (Wildman–Crippen MR) is 101 cm³/mol. The first-order valence-corrected chi connectivity index (χ1v) is 9.70. The minimum absolute atomic E-state index is 0. The summed E-state index contributed by atoms with van der Waals surface area (Å²) in [4.78, 5) is 0. The van der Waals surface area contributed by atoms with E-state index in [0.29, 0.717) is 5.69 Å². The molecule has 0 saturated carbocycles. The van der Waals surface area contributed by atoms with Crippen LogP contribution in [0.1, 0.15) is 30.7 Å². The lowest BCUT2D eigenvalue weighted by Gasteiger charge is -2.08. The molecule has 9 heteroatoms. The number of ether oxygens (including phenoxy) is 1. The van der Waals surface area contributed by atoms with E-state index >= 15 is 0 Å². The first kappa shape index (κ1) is 23.2. The van der Waals surface area contributed by atoms with Crippen molar-refractivity contribution in [3.63, 3.8) is 0 Å². The van der Waals surface area contributed by atoms with Crippen LogP contribution in [0.15, 0.2) is 54.7 Å². The van der Waals surface area contributed by atoms with Gasteiger partial charge < -0.3 is 21.7 Å². The summed E-state index contributed by atoms with van der Waals surface area (Å²) in [6, 6.07) is 11.6. The van der Waals surface area contributed by atoms with E-state index in [1.54, 1.807) is 22.8 Å². The highest BCUT2D eigenvalue weighted by molar-refractivity contribution is 5.58. The average Bonchev–Trinajstić information content (AvgIpc) is 2.89. The molecule has 1 aliphatic heterocycles. The summed E-state index contributed by atoms with van der Waals surface area (Å²) in [5.74, 6) is 0.983. The van der Waals surface area contributed by atoms with Gasteiger partial charge >= 0.3 is 12.8 Å². The van der Waals surface area contributed by atoms with E-state index in [4.69, 9.17) is 0 Å². The summed E-state index contributed by atoms with van der Waals surface area (Å²) < 4.78 is 72.8. The van der Waals surface area contributed by atoms with Gasteiger partial charge in [-0.2, -0.15) is 26.5 Å². The van der Waals surface area contributed by atoms with Crippen LogP contribution in [0.25, 0.3) is 16.9 Å². The van der Waals surface area contributed by atoms with Crippen molar-refractivity contribution in [1.29, 1.82) is 0 Å². The number of hydrogen-bond donors (Lipinski definition) is 0. The van der Waals surface area contributed by atoms with Crippen LogP contribution in [0.3, 0.4) is 0 Å². The highest BCUT2D eigenvalue weighted by Crippen LogP contribution is 2.31. The second-order valence-electron chi connectivity index (χ2n) is 7.21. The largest absolute Gasteiger partial charge is 1.00 e. The van der Waals surface area contributed by atoms with Crippen molar-refractivity contribution in [3.05, 3.63) is 66.1 Å². The SMILES string of the molecule is FC(F)Oc1ccc(-c2cn(-c3cccc(C(F)(F)F)c3)c3[n+]2CCCCC3)cc1.[Br-]. The molecule has 166 valence electrons. The van der Waals surface area contributed by atoms with Gasteiger partial charge in [0.2, 0.25) is 0 Å². The van der Waals surface area contributed by atoms with Crippen molar-refractivity contribution in [1.82, 2.24) is 4.57 Å². The number of fused-ring (bicyclic) bond motifs is 1. The molecule has 0 unspecified atom stereocenters. The molecule has 0 N–H and O–H groups in total. The Labute approximate surface area is 186 Å². The molecule has 1 aromatic heterocycles. The summed E-state index contributed by atoms with van der Waals surface area (Å²) >= 11 is 0. The maximum atomic E-state index is 13.2.